The average molecular weight is 386 g/mol. The number of nitrogens with zero attached hydrogens (tertiary/aromatic N) is 4. The first kappa shape index (κ1) is 18.0. The Hall–Kier alpha value is -3.79. The lowest BCUT2D eigenvalue weighted by Crippen LogP contribution is -2.30. The van der Waals surface area contributed by atoms with E-state index >= 15 is 0 Å². The van der Waals surface area contributed by atoms with Gasteiger partial charge in [-0.2, -0.15) is 9.80 Å². The predicted molar refractivity (Wildman–Crippen MR) is 100 cm³/mol. The van der Waals surface area contributed by atoms with Crippen molar-refractivity contribution in [3.8, 4) is 11.3 Å². The number of benzene rings is 2. The summed E-state index contributed by atoms with van der Waals surface area (Å²) in [6.45, 7) is 0. The van der Waals surface area contributed by atoms with E-state index in [0.717, 1.165) is 4.68 Å². The molecule has 0 aliphatic rings. The number of nitrogens with two attached hydrogens (primary N) is 1. The number of aromatic amines is 1. The zero-order valence-electron chi connectivity index (χ0n) is 13.6. The Morgan fingerprint density at radius 3 is 2.52 bits per heavy atom. The van der Waals surface area contributed by atoms with Crippen LogP contribution >= 0.6 is 11.6 Å². The molecule has 0 atom stereocenters. The Labute approximate surface area is 156 Å². The summed E-state index contributed by atoms with van der Waals surface area (Å²) in [4.78, 5) is 22.8. The molecule has 0 aliphatic carbocycles. The highest BCUT2D eigenvalue weighted by molar-refractivity contribution is 6.30. The molecular formula is C16H12ClN7O3. The number of nitro groups is 1. The van der Waals surface area contributed by atoms with Gasteiger partial charge < -0.3 is 5.73 Å². The van der Waals surface area contributed by atoms with E-state index in [9.17, 15) is 14.9 Å². The largest absolute Gasteiger partial charge is 0.368 e. The molecule has 27 heavy (non-hydrogen) atoms. The van der Waals surface area contributed by atoms with E-state index < -0.39 is 16.4 Å². The van der Waals surface area contributed by atoms with Crippen LogP contribution in [0.4, 0.5) is 17.1 Å². The van der Waals surface area contributed by atoms with E-state index in [0.29, 0.717) is 16.3 Å². The van der Waals surface area contributed by atoms with Gasteiger partial charge in [0, 0.05) is 22.7 Å². The van der Waals surface area contributed by atoms with Crippen LogP contribution in [0.3, 0.4) is 0 Å². The fourth-order valence-electron chi connectivity index (χ4n) is 2.29. The molecule has 0 unspecified atom stereocenters. The fraction of sp³-hybridized carbons (Fsp3) is 0. The molecule has 0 spiro atoms. The summed E-state index contributed by atoms with van der Waals surface area (Å²) in [6.07, 6.45) is 0. The van der Waals surface area contributed by atoms with Crippen molar-refractivity contribution < 1.29 is 4.92 Å². The number of aromatic nitrogens is 2. The van der Waals surface area contributed by atoms with Gasteiger partial charge in [-0.05, 0) is 30.3 Å². The maximum absolute atomic E-state index is 12.5. The number of non-ortho nitro benzene ring substituents is 1. The first-order valence-corrected chi connectivity index (χ1v) is 7.86. The normalized spacial score (nSPS) is 11.0. The number of hydrogen-bond donors (Lipinski definition) is 3. The van der Waals surface area contributed by atoms with Gasteiger partial charge in [0.1, 0.15) is 0 Å². The van der Waals surface area contributed by atoms with Crippen LogP contribution in [0.1, 0.15) is 0 Å². The second-order valence-corrected chi connectivity index (χ2v) is 5.78. The smallest absolute Gasteiger partial charge is 0.302 e. The third-order valence-corrected chi connectivity index (χ3v) is 3.78. The van der Waals surface area contributed by atoms with Crippen LogP contribution in [0, 0.1) is 15.5 Å². The van der Waals surface area contributed by atoms with Gasteiger partial charge in [0.25, 0.3) is 5.69 Å². The molecule has 0 amide bonds. The first-order valence-electron chi connectivity index (χ1n) is 7.48. The lowest BCUT2D eigenvalue weighted by molar-refractivity contribution is -0.384. The zero-order valence-corrected chi connectivity index (χ0v) is 14.3. The average Bonchev–Trinajstić information content (AvgIpc) is 2.97. The van der Waals surface area contributed by atoms with Gasteiger partial charge in [-0.15, -0.1) is 5.11 Å². The molecule has 10 nitrogen and oxygen atoms in total. The Kier molecular flexibility index (Phi) is 4.81. The molecule has 0 fully saturated rings. The van der Waals surface area contributed by atoms with E-state index in [1.807, 2.05) is 0 Å². The molecule has 0 aliphatic heterocycles. The molecule has 0 saturated heterocycles. The molecule has 0 bridgehead atoms. The van der Waals surface area contributed by atoms with Gasteiger partial charge in [0.2, 0.25) is 5.96 Å². The highest BCUT2D eigenvalue weighted by atomic mass is 35.5. The summed E-state index contributed by atoms with van der Waals surface area (Å²) in [5.74, 6) is -0.535. The van der Waals surface area contributed by atoms with Crippen LogP contribution in [0.2, 0.25) is 5.02 Å². The van der Waals surface area contributed by atoms with E-state index in [2.05, 4.69) is 15.3 Å². The Balaban J connectivity index is 2.10. The van der Waals surface area contributed by atoms with Crippen LogP contribution < -0.4 is 11.3 Å². The highest BCUT2D eigenvalue weighted by Crippen LogP contribution is 2.29. The predicted octanol–water partition coefficient (Wildman–Crippen LogP) is 3.56. The van der Waals surface area contributed by atoms with Crippen molar-refractivity contribution in [2.45, 2.75) is 0 Å². The van der Waals surface area contributed by atoms with Crippen molar-refractivity contribution in [1.29, 1.82) is 5.41 Å². The quantitative estimate of drug-likeness (QED) is 0.206. The van der Waals surface area contributed by atoms with Crippen LogP contribution in [0.5, 0.6) is 0 Å². The standard InChI is InChI=1S/C16H12ClN7O3/c17-10-2-1-3-11(8-10)20-21-14-13(22-23(15(14)25)16(18)19)9-4-6-12(7-5-9)24(26)27/h1-8,22H,(H3,18,19). The van der Waals surface area contributed by atoms with Crippen molar-refractivity contribution in [3.05, 3.63) is 74.0 Å². The van der Waals surface area contributed by atoms with Crippen molar-refractivity contribution >= 4 is 34.6 Å². The van der Waals surface area contributed by atoms with Gasteiger partial charge >= 0.3 is 5.56 Å². The molecule has 0 radical (unpaired) electrons. The third kappa shape index (κ3) is 3.75. The monoisotopic (exact) mass is 385 g/mol. The molecule has 0 saturated carbocycles. The zero-order chi connectivity index (χ0) is 19.6. The fourth-order valence-corrected chi connectivity index (χ4v) is 2.47. The van der Waals surface area contributed by atoms with Crippen molar-refractivity contribution in [1.82, 2.24) is 9.78 Å². The van der Waals surface area contributed by atoms with Crippen molar-refractivity contribution in [2.24, 2.45) is 16.0 Å². The molecule has 1 aromatic heterocycles. The number of halogens is 1. The van der Waals surface area contributed by atoms with Crippen LogP contribution in [-0.4, -0.2) is 20.7 Å². The maximum Gasteiger partial charge on any atom is 0.302 e. The molecule has 3 aromatic rings. The number of hydrogen-bond acceptors (Lipinski definition) is 6. The number of nitro benzene ring substituents is 1. The van der Waals surface area contributed by atoms with E-state index in [1.54, 1.807) is 24.3 Å². The third-order valence-electron chi connectivity index (χ3n) is 3.55. The number of rotatable bonds is 4. The topological polar surface area (TPSA) is 156 Å². The van der Waals surface area contributed by atoms with Gasteiger partial charge in [0.15, 0.2) is 5.69 Å². The lowest BCUT2D eigenvalue weighted by atomic mass is 10.1. The second kappa shape index (κ2) is 7.22. The second-order valence-electron chi connectivity index (χ2n) is 5.35. The number of azo groups is 1. The van der Waals surface area contributed by atoms with E-state index in [-0.39, 0.29) is 17.1 Å². The Bertz CT molecular complexity index is 1120. The van der Waals surface area contributed by atoms with Crippen molar-refractivity contribution in [2.75, 3.05) is 0 Å². The minimum absolute atomic E-state index is 0.0981. The van der Waals surface area contributed by atoms with Crippen LogP contribution in [0.15, 0.2) is 63.6 Å². The minimum atomic E-state index is -0.679. The van der Waals surface area contributed by atoms with E-state index in [1.165, 1.54) is 24.3 Å². The Morgan fingerprint density at radius 1 is 1.22 bits per heavy atom. The summed E-state index contributed by atoms with van der Waals surface area (Å²) in [7, 11) is 0. The molecule has 136 valence electrons. The summed E-state index contributed by atoms with van der Waals surface area (Å²) >= 11 is 5.90. The van der Waals surface area contributed by atoms with Crippen LogP contribution in [-0.2, 0) is 0 Å². The number of nitrogens with one attached hydrogen (secondary N) is 2. The van der Waals surface area contributed by atoms with Crippen molar-refractivity contribution in [3.63, 3.8) is 0 Å². The maximum atomic E-state index is 12.5. The summed E-state index contributed by atoms with van der Waals surface area (Å²) < 4.78 is 0.795. The summed E-state index contributed by atoms with van der Waals surface area (Å²) in [5.41, 5.74) is 5.61. The molecular weight excluding hydrogens is 374 g/mol. The Morgan fingerprint density at radius 2 is 1.93 bits per heavy atom. The summed E-state index contributed by atoms with van der Waals surface area (Å²) in [6, 6.07) is 12.0. The van der Waals surface area contributed by atoms with Gasteiger partial charge in [0.05, 0.1) is 16.3 Å². The van der Waals surface area contributed by atoms with Crippen LogP contribution in [0.25, 0.3) is 11.3 Å². The molecule has 3 rings (SSSR count). The number of H-pyrrole nitrogens is 1. The molecule has 2 aromatic carbocycles. The van der Waals surface area contributed by atoms with E-state index in [4.69, 9.17) is 22.7 Å². The first-order chi connectivity index (χ1) is 12.9. The van der Waals surface area contributed by atoms with Gasteiger partial charge in [-0.3, -0.25) is 25.4 Å². The number of nitrogen functional groups attached to an aromatic ring is 1. The molecule has 11 heteroatoms. The minimum Gasteiger partial charge on any atom is -0.368 e. The molecule has 1 heterocycles. The van der Waals surface area contributed by atoms with Gasteiger partial charge in [-0.25, -0.2) is 0 Å². The summed E-state index contributed by atoms with van der Waals surface area (Å²) in [5, 5.41) is 29.4. The lowest BCUT2D eigenvalue weighted by Gasteiger charge is -2.00. The molecule has 4 N–H and O–H groups in total. The SMILES string of the molecule is N=C(N)n1[nH]c(-c2ccc([N+](=O)[O-])cc2)c(N=Nc2cccc(Cl)c2)c1=O. The highest BCUT2D eigenvalue weighted by Gasteiger charge is 2.18. The van der Waals surface area contributed by atoms with Gasteiger partial charge in [-0.1, -0.05) is 17.7 Å².